The van der Waals surface area contributed by atoms with Crippen LogP contribution in [0.1, 0.15) is 43.9 Å². The first kappa shape index (κ1) is 15.0. The summed E-state index contributed by atoms with van der Waals surface area (Å²) in [5.74, 6) is 1.09. The summed E-state index contributed by atoms with van der Waals surface area (Å²) < 4.78 is 0. The first-order valence-electron chi connectivity index (χ1n) is 8.32. The minimum Gasteiger partial charge on any atom is -0.339 e. The number of unbranched alkanes of at least 4 members (excludes halogenated alkanes) is 1. The predicted octanol–water partition coefficient (Wildman–Crippen LogP) is 3.36. The molecule has 2 aliphatic heterocycles. The zero-order chi connectivity index (χ0) is 14.7. The van der Waals surface area contributed by atoms with Crippen molar-refractivity contribution in [2.24, 2.45) is 5.92 Å². The Balaban J connectivity index is 1.60. The van der Waals surface area contributed by atoms with Crippen molar-refractivity contribution in [1.82, 2.24) is 9.80 Å². The maximum absolute atomic E-state index is 12.2. The summed E-state index contributed by atoms with van der Waals surface area (Å²) in [4.78, 5) is 18.5. The lowest BCUT2D eigenvalue weighted by molar-refractivity contribution is -0.141. The lowest BCUT2D eigenvalue weighted by Gasteiger charge is -2.47. The Labute approximate surface area is 131 Å². The van der Waals surface area contributed by atoms with Crippen LogP contribution in [-0.2, 0) is 11.3 Å². The first-order chi connectivity index (χ1) is 10.3. The van der Waals surface area contributed by atoms with Crippen molar-refractivity contribution in [2.45, 2.75) is 51.6 Å². The maximum atomic E-state index is 12.2. The molecule has 2 aliphatic rings. The molecule has 0 radical (unpaired) electrons. The molecule has 0 saturated carbocycles. The molecule has 2 atom stereocenters. The van der Waals surface area contributed by atoms with Gasteiger partial charge in [-0.15, -0.1) is 11.3 Å². The molecule has 3 heterocycles. The summed E-state index contributed by atoms with van der Waals surface area (Å²) in [6, 6.07) is 4.88. The molecule has 0 aliphatic carbocycles. The molecule has 3 rings (SSSR count). The van der Waals surface area contributed by atoms with Crippen molar-refractivity contribution in [3.8, 4) is 0 Å². The zero-order valence-electron chi connectivity index (χ0n) is 13.0. The van der Waals surface area contributed by atoms with E-state index in [-0.39, 0.29) is 0 Å². The van der Waals surface area contributed by atoms with Crippen LogP contribution in [0.2, 0.25) is 0 Å². The van der Waals surface area contributed by atoms with Gasteiger partial charge in [0.2, 0.25) is 5.91 Å². The fraction of sp³-hybridized carbons (Fsp3) is 0.706. The highest BCUT2D eigenvalue weighted by molar-refractivity contribution is 7.09. The molecule has 1 amide bonds. The highest BCUT2D eigenvalue weighted by Gasteiger charge is 2.38. The van der Waals surface area contributed by atoms with E-state index < -0.39 is 0 Å². The number of hydrogen-bond acceptors (Lipinski definition) is 3. The average molecular weight is 306 g/mol. The number of amides is 1. The first-order valence-corrected chi connectivity index (χ1v) is 9.20. The van der Waals surface area contributed by atoms with Gasteiger partial charge in [0.15, 0.2) is 0 Å². The summed E-state index contributed by atoms with van der Waals surface area (Å²) in [6.45, 7) is 6.56. The third-order valence-electron chi connectivity index (χ3n) is 4.94. The quantitative estimate of drug-likeness (QED) is 0.833. The van der Waals surface area contributed by atoms with Crippen LogP contribution in [0.15, 0.2) is 17.5 Å². The van der Waals surface area contributed by atoms with E-state index >= 15 is 0 Å². The number of thiophene rings is 1. The average Bonchev–Trinajstić information content (AvgIpc) is 2.99. The molecule has 0 unspecified atom stereocenters. The molecule has 0 aromatic carbocycles. The number of rotatable bonds is 5. The highest BCUT2D eigenvalue weighted by atomic mass is 32.1. The van der Waals surface area contributed by atoms with E-state index in [0.717, 1.165) is 45.3 Å². The Morgan fingerprint density at radius 2 is 2.29 bits per heavy atom. The monoisotopic (exact) mass is 306 g/mol. The van der Waals surface area contributed by atoms with Crippen LogP contribution in [0.25, 0.3) is 0 Å². The number of nitrogens with zero attached hydrogens (tertiary/aromatic N) is 2. The van der Waals surface area contributed by atoms with Gasteiger partial charge in [0, 0.05) is 43.5 Å². The standard InChI is InChI=1S/C17H26N2OS/c1-2-3-9-19-16-8-10-18(13-15-5-4-11-21-15)12-14(16)6-7-17(19)20/h4-5,11,14,16H,2-3,6-10,12-13H2,1H3/t14-,16+/m1/s1. The molecule has 1 aromatic rings. The number of piperidine rings is 2. The normalized spacial score (nSPS) is 26.9. The van der Waals surface area contributed by atoms with E-state index in [1.807, 2.05) is 11.3 Å². The molecular formula is C17H26N2OS. The fourth-order valence-corrected chi connectivity index (χ4v) is 4.56. The summed E-state index contributed by atoms with van der Waals surface area (Å²) in [7, 11) is 0. The van der Waals surface area contributed by atoms with Crippen molar-refractivity contribution >= 4 is 17.2 Å². The minimum absolute atomic E-state index is 0.399. The molecule has 1 aromatic heterocycles. The number of carbonyl (C=O) groups is 1. The van der Waals surface area contributed by atoms with Gasteiger partial charge in [0.05, 0.1) is 0 Å². The van der Waals surface area contributed by atoms with Crippen molar-refractivity contribution < 1.29 is 4.79 Å². The number of hydrogen-bond donors (Lipinski definition) is 0. The smallest absolute Gasteiger partial charge is 0.222 e. The van der Waals surface area contributed by atoms with Gasteiger partial charge in [0.25, 0.3) is 0 Å². The zero-order valence-corrected chi connectivity index (χ0v) is 13.8. The highest BCUT2D eigenvalue weighted by Crippen LogP contribution is 2.32. The van der Waals surface area contributed by atoms with Gasteiger partial charge in [-0.05, 0) is 36.6 Å². The molecule has 2 saturated heterocycles. The SMILES string of the molecule is CCCCN1C(=O)CC[C@@H]2CN(Cc3cccs3)CC[C@@H]21. The van der Waals surface area contributed by atoms with E-state index in [2.05, 4.69) is 34.2 Å². The second-order valence-electron chi connectivity index (χ2n) is 6.41. The third-order valence-corrected chi connectivity index (χ3v) is 5.80. The van der Waals surface area contributed by atoms with E-state index in [4.69, 9.17) is 0 Å². The van der Waals surface area contributed by atoms with Crippen molar-refractivity contribution in [3.63, 3.8) is 0 Å². The lowest BCUT2D eigenvalue weighted by Crippen LogP contribution is -2.55. The van der Waals surface area contributed by atoms with Gasteiger partial charge < -0.3 is 4.90 Å². The summed E-state index contributed by atoms with van der Waals surface area (Å²) in [5, 5.41) is 2.16. The van der Waals surface area contributed by atoms with E-state index in [1.165, 1.54) is 17.8 Å². The van der Waals surface area contributed by atoms with Crippen LogP contribution in [0.4, 0.5) is 0 Å². The van der Waals surface area contributed by atoms with Gasteiger partial charge in [-0.3, -0.25) is 9.69 Å². The molecule has 21 heavy (non-hydrogen) atoms. The van der Waals surface area contributed by atoms with Crippen molar-refractivity contribution in [1.29, 1.82) is 0 Å². The summed E-state index contributed by atoms with van der Waals surface area (Å²) in [5.41, 5.74) is 0. The topological polar surface area (TPSA) is 23.6 Å². The van der Waals surface area contributed by atoms with Crippen LogP contribution >= 0.6 is 11.3 Å². The summed E-state index contributed by atoms with van der Waals surface area (Å²) in [6.07, 6.45) is 5.33. The molecule has 0 bridgehead atoms. The largest absolute Gasteiger partial charge is 0.339 e. The van der Waals surface area contributed by atoms with Crippen molar-refractivity contribution in [3.05, 3.63) is 22.4 Å². The lowest BCUT2D eigenvalue weighted by atomic mass is 9.83. The number of carbonyl (C=O) groups excluding carboxylic acids is 1. The molecule has 3 nitrogen and oxygen atoms in total. The molecule has 2 fully saturated rings. The molecule has 4 heteroatoms. The Bertz CT molecular complexity index is 459. The van der Waals surface area contributed by atoms with Gasteiger partial charge in [-0.25, -0.2) is 0 Å². The van der Waals surface area contributed by atoms with Gasteiger partial charge in [0.1, 0.15) is 0 Å². The Hall–Kier alpha value is -0.870. The predicted molar refractivity (Wildman–Crippen MR) is 87.3 cm³/mol. The van der Waals surface area contributed by atoms with Crippen LogP contribution in [0.3, 0.4) is 0 Å². The molecule has 116 valence electrons. The second-order valence-corrected chi connectivity index (χ2v) is 7.44. The maximum Gasteiger partial charge on any atom is 0.222 e. The summed E-state index contributed by atoms with van der Waals surface area (Å²) >= 11 is 1.85. The third kappa shape index (κ3) is 3.49. The second kappa shape index (κ2) is 6.93. The van der Waals surface area contributed by atoms with Crippen LogP contribution in [-0.4, -0.2) is 41.4 Å². The van der Waals surface area contributed by atoms with Crippen LogP contribution in [0, 0.1) is 5.92 Å². The Morgan fingerprint density at radius 1 is 1.38 bits per heavy atom. The van der Waals surface area contributed by atoms with E-state index in [0.29, 0.717) is 17.9 Å². The number of likely N-dealkylation sites (tertiary alicyclic amines) is 2. The van der Waals surface area contributed by atoms with E-state index in [9.17, 15) is 4.79 Å². The molecular weight excluding hydrogens is 280 g/mol. The minimum atomic E-state index is 0.399. The molecule has 0 spiro atoms. The Kier molecular flexibility index (Phi) is 4.96. The van der Waals surface area contributed by atoms with Gasteiger partial charge >= 0.3 is 0 Å². The van der Waals surface area contributed by atoms with Crippen LogP contribution < -0.4 is 0 Å². The van der Waals surface area contributed by atoms with Crippen molar-refractivity contribution in [2.75, 3.05) is 19.6 Å². The molecule has 0 N–H and O–H groups in total. The number of fused-ring (bicyclic) bond motifs is 1. The Morgan fingerprint density at radius 3 is 3.05 bits per heavy atom. The van der Waals surface area contributed by atoms with Gasteiger partial charge in [-0.2, -0.15) is 0 Å². The van der Waals surface area contributed by atoms with Gasteiger partial charge in [-0.1, -0.05) is 19.4 Å². The van der Waals surface area contributed by atoms with Crippen LogP contribution in [0.5, 0.6) is 0 Å². The van der Waals surface area contributed by atoms with E-state index in [1.54, 1.807) is 0 Å². The fourth-order valence-electron chi connectivity index (χ4n) is 3.81.